The van der Waals surface area contributed by atoms with Crippen LogP contribution in [0.4, 0.5) is 4.79 Å². The average Bonchev–Trinajstić information content (AvgIpc) is 1.99. The van der Waals surface area contributed by atoms with E-state index in [4.69, 9.17) is 4.74 Å². The van der Waals surface area contributed by atoms with Gasteiger partial charge in [-0.1, -0.05) is 6.92 Å². The number of ether oxygens (including phenoxy) is 1. The first-order valence-electron chi connectivity index (χ1n) is 5.57. The van der Waals surface area contributed by atoms with Gasteiger partial charge < -0.3 is 15.4 Å². The molecule has 0 aromatic rings. The molecule has 1 aliphatic heterocycles. The molecule has 4 nitrogen and oxygen atoms in total. The fraction of sp³-hybridized carbons (Fsp3) is 0.909. The van der Waals surface area contributed by atoms with Gasteiger partial charge in [-0.15, -0.1) is 0 Å². The van der Waals surface area contributed by atoms with Crippen LogP contribution in [0.2, 0.25) is 0 Å². The molecular formula is C11H22N2O2. The SMILES string of the molecule is CC1CNC[C@H](NC(=O)OC(C)(C)C)C1. The molecule has 1 saturated heterocycles. The second-order valence-corrected chi connectivity index (χ2v) is 5.34. The van der Waals surface area contributed by atoms with E-state index in [2.05, 4.69) is 17.6 Å². The molecule has 88 valence electrons. The highest BCUT2D eigenvalue weighted by Crippen LogP contribution is 2.11. The van der Waals surface area contributed by atoms with Gasteiger partial charge >= 0.3 is 6.09 Å². The Morgan fingerprint density at radius 2 is 2.07 bits per heavy atom. The number of carbonyl (C=O) groups excluding carboxylic acids is 1. The van der Waals surface area contributed by atoms with E-state index in [0.29, 0.717) is 5.92 Å². The van der Waals surface area contributed by atoms with Crippen LogP contribution in [-0.2, 0) is 4.74 Å². The number of carbonyl (C=O) groups is 1. The van der Waals surface area contributed by atoms with Crippen molar-refractivity contribution < 1.29 is 9.53 Å². The molecule has 2 atom stereocenters. The zero-order valence-corrected chi connectivity index (χ0v) is 10.1. The highest BCUT2D eigenvalue weighted by atomic mass is 16.6. The minimum absolute atomic E-state index is 0.198. The van der Waals surface area contributed by atoms with Crippen LogP contribution in [-0.4, -0.2) is 30.8 Å². The van der Waals surface area contributed by atoms with Crippen LogP contribution in [0.5, 0.6) is 0 Å². The Morgan fingerprint density at radius 3 is 2.60 bits per heavy atom. The number of rotatable bonds is 1. The largest absolute Gasteiger partial charge is 0.444 e. The quantitative estimate of drug-likeness (QED) is 0.695. The van der Waals surface area contributed by atoms with Crippen LogP contribution >= 0.6 is 0 Å². The lowest BCUT2D eigenvalue weighted by Crippen LogP contribution is -2.49. The minimum Gasteiger partial charge on any atom is -0.444 e. The van der Waals surface area contributed by atoms with Gasteiger partial charge in [0.2, 0.25) is 0 Å². The van der Waals surface area contributed by atoms with Crippen molar-refractivity contribution in [2.45, 2.75) is 45.8 Å². The van der Waals surface area contributed by atoms with Gasteiger partial charge in [-0.25, -0.2) is 4.79 Å². The average molecular weight is 214 g/mol. The maximum atomic E-state index is 11.5. The van der Waals surface area contributed by atoms with E-state index < -0.39 is 5.60 Å². The van der Waals surface area contributed by atoms with E-state index in [1.165, 1.54) is 0 Å². The van der Waals surface area contributed by atoms with Crippen LogP contribution in [0, 0.1) is 5.92 Å². The number of alkyl carbamates (subject to hydrolysis) is 1. The lowest BCUT2D eigenvalue weighted by atomic mass is 9.98. The predicted octanol–water partition coefficient (Wildman–Crippen LogP) is 1.51. The van der Waals surface area contributed by atoms with Crippen molar-refractivity contribution in [2.24, 2.45) is 5.92 Å². The van der Waals surface area contributed by atoms with E-state index in [0.717, 1.165) is 19.5 Å². The zero-order valence-electron chi connectivity index (χ0n) is 10.1. The van der Waals surface area contributed by atoms with E-state index in [1.807, 2.05) is 20.8 Å². The number of piperidine rings is 1. The summed E-state index contributed by atoms with van der Waals surface area (Å²) in [5, 5.41) is 6.16. The second-order valence-electron chi connectivity index (χ2n) is 5.34. The summed E-state index contributed by atoms with van der Waals surface area (Å²) in [5.41, 5.74) is -0.419. The standard InChI is InChI=1S/C11H22N2O2/c1-8-5-9(7-12-6-8)13-10(14)15-11(2,3)4/h8-9,12H,5-7H2,1-4H3,(H,13,14)/t8?,9-/m1/s1. The molecule has 1 heterocycles. The Kier molecular flexibility index (Phi) is 3.97. The fourth-order valence-electron chi connectivity index (χ4n) is 1.74. The summed E-state index contributed by atoms with van der Waals surface area (Å²) in [6.45, 7) is 9.66. The maximum Gasteiger partial charge on any atom is 0.407 e. The third-order valence-electron chi connectivity index (χ3n) is 2.29. The van der Waals surface area contributed by atoms with Gasteiger partial charge in [0.05, 0.1) is 0 Å². The van der Waals surface area contributed by atoms with Gasteiger partial charge in [0.1, 0.15) is 5.60 Å². The Hall–Kier alpha value is -0.770. The third-order valence-corrected chi connectivity index (χ3v) is 2.29. The van der Waals surface area contributed by atoms with Gasteiger partial charge in [-0.3, -0.25) is 0 Å². The molecule has 1 unspecified atom stereocenters. The first-order chi connectivity index (χ1) is 6.87. The van der Waals surface area contributed by atoms with Gasteiger partial charge in [-0.05, 0) is 39.7 Å². The van der Waals surface area contributed by atoms with E-state index in [9.17, 15) is 4.79 Å². The molecule has 1 amide bonds. The van der Waals surface area contributed by atoms with E-state index in [1.54, 1.807) is 0 Å². The van der Waals surface area contributed by atoms with Crippen molar-refractivity contribution in [1.29, 1.82) is 0 Å². The van der Waals surface area contributed by atoms with E-state index >= 15 is 0 Å². The topological polar surface area (TPSA) is 50.4 Å². The number of nitrogens with one attached hydrogen (secondary N) is 2. The highest BCUT2D eigenvalue weighted by Gasteiger charge is 2.23. The molecule has 0 spiro atoms. The van der Waals surface area contributed by atoms with Crippen molar-refractivity contribution in [3.8, 4) is 0 Å². The van der Waals surface area contributed by atoms with Crippen LogP contribution in [0.1, 0.15) is 34.1 Å². The Labute approximate surface area is 91.8 Å². The third kappa shape index (κ3) is 5.02. The van der Waals surface area contributed by atoms with Crippen molar-refractivity contribution >= 4 is 6.09 Å². The molecule has 1 aliphatic rings. The molecule has 0 aliphatic carbocycles. The molecule has 4 heteroatoms. The molecule has 0 bridgehead atoms. The van der Waals surface area contributed by atoms with Crippen molar-refractivity contribution in [3.05, 3.63) is 0 Å². The van der Waals surface area contributed by atoms with Crippen molar-refractivity contribution in [1.82, 2.24) is 10.6 Å². The zero-order chi connectivity index (χ0) is 11.5. The predicted molar refractivity (Wildman–Crippen MR) is 59.8 cm³/mol. The summed E-state index contributed by atoms with van der Waals surface area (Å²) < 4.78 is 5.20. The molecular weight excluding hydrogens is 192 g/mol. The summed E-state index contributed by atoms with van der Waals surface area (Å²) in [6.07, 6.45) is 0.704. The normalized spacial score (nSPS) is 27.2. The molecule has 0 saturated carbocycles. The monoisotopic (exact) mass is 214 g/mol. The summed E-state index contributed by atoms with van der Waals surface area (Å²) in [6, 6.07) is 0.198. The first-order valence-corrected chi connectivity index (χ1v) is 5.57. The van der Waals surface area contributed by atoms with Gasteiger partial charge in [-0.2, -0.15) is 0 Å². The van der Waals surface area contributed by atoms with Crippen molar-refractivity contribution in [2.75, 3.05) is 13.1 Å². The number of hydrogen-bond donors (Lipinski definition) is 2. The lowest BCUT2D eigenvalue weighted by molar-refractivity contribution is 0.0491. The molecule has 15 heavy (non-hydrogen) atoms. The Balaban J connectivity index is 2.31. The summed E-state index contributed by atoms with van der Waals surface area (Å²) >= 11 is 0. The molecule has 0 aromatic carbocycles. The summed E-state index contributed by atoms with van der Waals surface area (Å²) in [7, 11) is 0. The Bertz CT molecular complexity index is 223. The van der Waals surface area contributed by atoms with Gasteiger partial charge in [0, 0.05) is 12.6 Å². The number of amides is 1. The molecule has 2 N–H and O–H groups in total. The molecule has 0 aromatic heterocycles. The van der Waals surface area contributed by atoms with Crippen LogP contribution in [0.3, 0.4) is 0 Å². The first kappa shape index (κ1) is 12.3. The molecule has 0 radical (unpaired) electrons. The van der Waals surface area contributed by atoms with E-state index in [-0.39, 0.29) is 12.1 Å². The molecule has 1 fully saturated rings. The molecule has 1 rings (SSSR count). The van der Waals surface area contributed by atoms with Gasteiger partial charge in [0.25, 0.3) is 0 Å². The van der Waals surface area contributed by atoms with Gasteiger partial charge in [0.15, 0.2) is 0 Å². The lowest BCUT2D eigenvalue weighted by Gasteiger charge is -2.29. The second kappa shape index (κ2) is 4.84. The Morgan fingerprint density at radius 1 is 1.40 bits per heavy atom. The smallest absolute Gasteiger partial charge is 0.407 e. The van der Waals surface area contributed by atoms with Crippen molar-refractivity contribution in [3.63, 3.8) is 0 Å². The minimum atomic E-state index is -0.419. The maximum absolute atomic E-state index is 11.5. The summed E-state index contributed by atoms with van der Waals surface area (Å²) in [5.74, 6) is 0.610. The van der Waals surface area contributed by atoms with Crippen LogP contribution < -0.4 is 10.6 Å². The number of hydrogen-bond acceptors (Lipinski definition) is 3. The fourth-order valence-corrected chi connectivity index (χ4v) is 1.74. The highest BCUT2D eigenvalue weighted by molar-refractivity contribution is 5.68. The van der Waals surface area contributed by atoms with Crippen LogP contribution in [0.15, 0.2) is 0 Å². The summed E-state index contributed by atoms with van der Waals surface area (Å²) in [4.78, 5) is 11.5. The van der Waals surface area contributed by atoms with Crippen LogP contribution in [0.25, 0.3) is 0 Å².